The summed E-state index contributed by atoms with van der Waals surface area (Å²) in [7, 11) is 0. The fourth-order valence-electron chi connectivity index (χ4n) is 2.90. The predicted octanol–water partition coefficient (Wildman–Crippen LogP) is 3.10. The second kappa shape index (κ2) is 6.62. The number of ether oxygens (including phenoxy) is 1. The Labute approximate surface area is 130 Å². The van der Waals surface area contributed by atoms with Crippen molar-refractivity contribution in [3.63, 3.8) is 0 Å². The van der Waals surface area contributed by atoms with Crippen LogP contribution in [0, 0.1) is 0 Å². The molecule has 0 spiro atoms. The van der Waals surface area contributed by atoms with Crippen LogP contribution >= 0.6 is 0 Å². The van der Waals surface area contributed by atoms with Gasteiger partial charge in [0.25, 0.3) is 0 Å². The molecule has 0 bridgehead atoms. The SMILES string of the molecule is N[C@@H]1CCN(C(=O)OCc2ccccc2)[C@@H]1c1ccccc1. The summed E-state index contributed by atoms with van der Waals surface area (Å²) in [6.45, 7) is 0.918. The van der Waals surface area contributed by atoms with E-state index in [4.69, 9.17) is 10.5 Å². The van der Waals surface area contributed by atoms with Crippen LogP contribution in [0.15, 0.2) is 60.7 Å². The first-order valence-corrected chi connectivity index (χ1v) is 7.53. The molecule has 0 saturated carbocycles. The van der Waals surface area contributed by atoms with Gasteiger partial charge in [-0.25, -0.2) is 4.79 Å². The second-order valence-corrected chi connectivity index (χ2v) is 5.54. The van der Waals surface area contributed by atoms with E-state index in [0.29, 0.717) is 6.54 Å². The molecule has 2 aromatic rings. The van der Waals surface area contributed by atoms with E-state index in [-0.39, 0.29) is 24.8 Å². The molecule has 1 amide bonds. The molecular formula is C18H20N2O2. The van der Waals surface area contributed by atoms with Gasteiger partial charge in [-0.05, 0) is 17.5 Å². The molecule has 0 aromatic heterocycles. The highest BCUT2D eigenvalue weighted by atomic mass is 16.6. The Balaban J connectivity index is 1.68. The first-order chi connectivity index (χ1) is 10.8. The highest BCUT2D eigenvalue weighted by Crippen LogP contribution is 2.31. The summed E-state index contributed by atoms with van der Waals surface area (Å²) < 4.78 is 5.44. The third kappa shape index (κ3) is 3.12. The van der Waals surface area contributed by atoms with Crippen molar-refractivity contribution in [2.75, 3.05) is 6.54 Å². The van der Waals surface area contributed by atoms with Crippen LogP contribution in [0.5, 0.6) is 0 Å². The number of nitrogens with two attached hydrogens (primary N) is 1. The Kier molecular flexibility index (Phi) is 4.39. The Morgan fingerprint density at radius 1 is 1.09 bits per heavy atom. The molecule has 2 aromatic carbocycles. The van der Waals surface area contributed by atoms with E-state index in [1.54, 1.807) is 4.90 Å². The summed E-state index contributed by atoms with van der Waals surface area (Å²) in [5.41, 5.74) is 8.24. The van der Waals surface area contributed by atoms with Crippen LogP contribution in [0.3, 0.4) is 0 Å². The first kappa shape index (κ1) is 14.6. The zero-order valence-electron chi connectivity index (χ0n) is 12.4. The lowest BCUT2D eigenvalue weighted by atomic mass is 10.0. The van der Waals surface area contributed by atoms with Gasteiger partial charge in [0.2, 0.25) is 0 Å². The molecule has 2 atom stereocenters. The quantitative estimate of drug-likeness (QED) is 0.947. The van der Waals surface area contributed by atoms with E-state index in [1.165, 1.54) is 0 Å². The maximum absolute atomic E-state index is 12.4. The summed E-state index contributed by atoms with van der Waals surface area (Å²) in [4.78, 5) is 14.1. The zero-order valence-corrected chi connectivity index (χ0v) is 12.4. The molecule has 0 aliphatic carbocycles. The summed E-state index contributed by atoms with van der Waals surface area (Å²) in [6, 6.07) is 19.4. The zero-order chi connectivity index (χ0) is 15.4. The lowest BCUT2D eigenvalue weighted by molar-refractivity contribution is 0.0908. The summed E-state index contributed by atoms with van der Waals surface area (Å²) in [5.74, 6) is 0. The van der Waals surface area contributed by atoms with Crippen molar-refractivity contribution in [1.82, 2.24) is 4.90 Å². The maximum Gasteiger partial charge on any atom is 0.410 e. The largest absolute Gasteiger partial charge is 0.445 e. The van der Waals surface area contributed by atoms with Crippen LogP contribution in [-0.2, 0) is 11.3 Å². The maximum atomic E-state index is 12.4. The molecule has 4 nitrogen and oxygen atoms in total. The number of carbonyl (C=O) groups is 1. The lowest BCUT2D eigenvalue weighted by Crippen LogP contribution is -2.36. The first-order valence-electron chi connectivity index (χ1n) is 7.53. The molecule has 114 valence electrons. The number of likely N-dealkylation sites (tertiary alicyclic amines) is 1. The van der Waals surface area contributed by atoms with Crippen molar-refractivity contribution >= 4 is 6.09 Å². The molecule has 22 heavy (non-hydrogen) atoms. The molecule has 0 unspecified atom stereocenters. The van der Waals surface area contributed by atoms with Gasteiger partial charge < -0.3 is 10.5 Å². The van der Waals surface area contributed by atoms with Crippen molar-refractivity contribution in [1.29, 1.82) is 0 Å². The van der Waals surface area contributed by atoms with Gasteiger partial charge in [-0.2, -0.15) is 0 Å². The Bertz CT molecular complexity index is 615. The molecule has 4 heteroatoms. The van der Waals surface area contributed by atoms with Crippen molar-refractivity contribution in [3.05, 3.63) is 71.8 Å². The van der Waals surface area contributed by atoms with Gasteiger partial charge in [-0.1, -0.05) is 60.7 Å². The van der Waals surface area contributed by atoms with Crippen LogP contribution in [0.4, 0.5) is 4.79 Å². The van der Waals surface area contributed by atoms with E-state index < -0.39 is 0 Å². The monoisotopic (exact) mass is 296 g/mol. The molecule has 0 radical (unpaired) electrons. The second-order valence-electron chi connectivity index (χ2n) is 5.54. The van der Waals surface area contributed by atoms with E-state index in [0.717, 1.165) is 17.5 Å². The van der Waals surface area contributed by atoms with E-state index in [9.17, 15) is 4.79 Å². The van der Waals surface area contributed by atoms with Crippen LogP contribution in [0.25, 0.3) is 0 Å². The van der Waals surface area contributed by atoms with Gasteiger partial charge >= 0.3 is 6.09 Å². The molecule has 1 aliphatic rings. The minimum Gasteiger partial charge on any atom is -0.445 e. The highest BCUT2D eigenvalue weighted by Gasteiger charge is 2.36. The van der Waals surface area contributed by atoms with Crippen molar-refractivity contribution in [3.8, 4) is 0 Å². The molecule has 1 fully saturated rings. The third-order valence-corrected chi connectivity index (χ3v) is 4.03. The highest BCUT2D eigenvalue weighted by molar-refractivity contribution is 5.69. The fraction of sp³-hybridized carbons (Fsp3) is 0.278. The van der Waals surface area contributed by atoms with Crippen LogP contribution in [-0.4, -0.2) is 23.6 Å². The number of nitrogens with zero attached hydrogens (tertiary/aromatic N) is 1. The normalized spacial score (nSPS) is 20.9. The standard InChI is InChI=1S/C18H20N2O2/c19-16-11-12-20(17(16)15-9-5-2-6-10-15)18(21)22-13-14-7-3-1-4-8-14/h1-10,16-17H,11-13,19H2/t16-,17-/m1/s1. The number of rotatable bonds is 3. The Morgan fingerprint density at radius 3 is 2.41 bits per heavy atom. The Morgan fingerprint density at radius 2 is 1.73 bits per heavy atom. The number of hydrogen-bond donors (Lipinski definition) is 1. The predicted molar refractivity (Wildman–Crippen MR) is 85.1 cm³/mol. The number of amides is 1. The van der Waals surface area contributed by atoms with Gasteiger partial charge in [0.05, 0.1) is 6.04 Å². The summed E-state index contributed by atoms with van der Waals surface area (Å²) in [5, 5.41) is 0. The molecule has 1 saturated heterocycles. The van der Waals surface area contributed by atoms with Crippen molar-refractivity contribution in [2.45, 2.75) is 25.1 Å². The molecular weight excluding hydrogens is 276 g/mol. The molecule has 3 rings (SSSR count). The fourth-order valence-corrected chi connectivity index (χ4v) is 2.90. The van der Waals surface area contributed by atoms with E-state index in [1.807, 2.05) is 60.7 Å². The minimum atomic E-state index is -0.300. The topological polar surface area (TPSA) is 55.6 Å². The van der Waals surface area contributed by atoms with Crippen LogP contribution in [0.2, 0.25) is 0 Å². The smallest absolute Gasteiger partial charge is 0.410 e. The number of benzene rings is 2. The summed E-state index contributed by atoms with van der Waals surface area (Å²) >= 11 is 0. The summed E-state index contributed by atoms with van der Waals surface area (Å²) in [6.07, 6.45) is 0.491. The van der Waals surface area contributed by atoms with Gasteiger partial charge in [0.15, 0.2) is 0 Å². The Hall–Kier alpha value is -2.33. The van der Waals surface area contributed by atoms with E-state index >= 15 is 0 Å². The van der Waals surface area contributed by atoms with Gasteiger partial charge in [-0.3, -0.25) is 4.90 Å². The molecule has 1 aliphatic heterocycles. The average Bonchev–Trinajstić information content (AvgIpc) is 2.96. The number of carbonyl (C=O) groups excluding carboxylic acids is 1. The van der Waals surface area contributed by atoms with Crippen LogP contribution in [0.1, 0.15) is 23.6 Å². The van der Waals surface area contributed by atoms with Gasteiger partial charge in [-0.15, -0.1) is 0 Å². The van der Waals surface area contributed by atoms with Crippen LogP contribution < -0.4 is 5.73 Å². The molecule has 1 heterocycles. The minimum absolute atomic E-state index is 0.0494. The van der Waals surface area contributed by atoms with Gasteiger partial charge in [0, 0.05) is 12.6 Å². The number of hydrogen-bond acceptors (Lipinski definition) is 3. The van der Waals surface area contributed by atoms with Gasteiger partial charge in [0.1, 0.15) is 6.61 Å². The lowest BCUT2D eigenvalue weighted by Gasteiger charge is -2.26. The van der Waals surface area contributed by atoms with Crippen molar-refractivity contribution in [2.24, 2.45) is 5.73 Å². The van der Waals surface area contributed by atoms with Crippen molar-refractivity contribution < 1.29 is 9.53 Å². The van der Waals surface area contributed by atoms with E-state index in [2.05, 4.69) is 0 Å². The molecule has 2 N–H and O–H groups in total. The average molecular weight is 296 g/mol. The third-order valence-electron chi connectivity index (χ3n) is 4.03.